The van der Waals surface area contributed by atoms with Crippen molar-refractivity contribution in [2.75, 3.05) is 6.61 Å². The Hall–Kier alpha value is -1.51. The maximum Gasteiger partial charge on any atom is 0.436 e. The van der Waals surface area contributed by atoms with Gasteiger partial charge in [-0.2, -0.15) is 0 Å². The van der Waals surface area contributed by atoms with Gasteiger partial charge in [0.15, 0.2) is 13.0 Å². The van der Waals surface area contributed by atoms with E-state index in [0.29, 0.717) is 13.0 Å². The molecule has 90 valence electrons. The number of hydrogen-bond donors (Lipinski definition) is 2. The van der Waals surface area contributed by atoms with E-state index < -0.39 is 11.2 Å². The summed E-state index contributed by atoms with van der Waals surface area (Å²) in [5.41, 5.74) is 0. The number of aliphatic hydroxyl groups is 2. The van der Waals surface area contributed by atoms with Gasteiger partial charge < -0.3 is 25.1 Å². The Morgan fingerprint density at radius 2 is 2.38 bits per heavy atom. The lowest BCUT2D eigenvalue weighted by Gasteiger charge is -2.04. The SMILES string of the molecule is O=[N+]([O-])c1nccn1COCCCC(O)O. The van der Waals surface area contributed by atoms with Crippen molar-refractivity contribution < 1.29 is 19.9 Å². The molecule has 0 amide bonds. The highest BCUT2D eigenvalue weighted by Crippen LogP contribution is 2.07. The third-order valence-corrected chi connectivity index (χ3v) is 1.84. The molecule has 0 radical (unpaired) electrons. The normalized spacial score (nSPS) is 10.9. The van der Waals surface area contributed by atoms with Crippen LogP contribution in [0.15, 0.2) is 12.4 Å². The Kier molecular flexibility index (Phi) is 4.83. The van der Waals surface area contributed by atoms with Crippen LogP contribution in [0.1, 0.15) is 12.8 Å². The predicted molar refractivity (Wildman–Crippen MR) is 52.3 cm³/mol. The Bertz CT molecular complexity index is 338. The Labute approximate surface area is 91.2 Å². The molecule has 0 atom stereocenters. The minimum Gasteiger partial charge on any atom is -0.390 e. The number of rotatable bonds is 7. The van der Waals surface area contributed by atoms with Crippen LogP contribution < -0.4 is 0 Å². The van der Waals surface area contributed by atoms with Crippen molar-refractivity contribution >= 4 is 5.95 Å². The van der Waals surface area contributed by atoms with Crippen molar-refractivity contribution in [3.63, 3.8) is 0 Å². The highest BCUT2D eigenvalue weighted by molar-refractivity contribution is 5.05. The summed E-state index contributed by atoms with van der Waals surface area (Å²) in [5, 5.41) is 27.6. The molecule has 1 aromatic heterocycles. The standard InChI is InChI=1S/C8H13N3O5/c12-7(13)2-1-5-16-6-10-4-3-9-8(10)11(14)15/h3-4,7,12-13H,1-2,5-6H2. The van der Waals surface area contributed by atoms with Gasteiger partial charge in [0.1, 0.15) is 12.4 Å². The second-order valence-corrected chi connectivity index (χ2v) is 3.11. The van der Waals surface area contributed by atoms with Gasteiger partial charge in [-0.15, -0.1) is 0 Å². The molecule has 0 unspecified atom stereocenters. The smallest absolute Gasteiger partial charge is 0.390 e. The first-order valence-corrected chi connectivity index (χ1v) is 4.70. The molecule has 1 aromatic rings. The van der Waals surface area contributed by atoms with E-state index in [9.17, 15) is 10.1 Å². The van der Waals surface area contributed by atoms with E-state index in [-0.39, 0.29) is 19.1 Å². The quantitative estimate of drug-likeness (QED) is 0.292. The predicted octanol–water partition coefficient (Wildman–Crippen LogP) is -0.144. The van der Waals surface area contributed by atoms with Gasteiger partial charge >= 0.3 is 5.95 Å². The summed E-state index contributed by atoms with van der Waals surface area (Å²) in [6.07, 6.45) is 2.11. The van der Waals surface area contributed by atoms with Gasteiger partial charge in [-0.3, -0.25) is 0 Å². The second-order valence-electron chi connectivity index (χ2n) is 3.11. The lowest BCUT2D eigenvalue weighted by molar-refractivity contribution is -0.397. The molecule has 0 aliphatic heterocycles. The van der Waals surface area contributed by atoms with Gasteiger partial charge in [0.05, 0.1) is 6.61 Å². The zero-order valence-electron chi connectivity index (χ0n) is 8.52. The molecule has 0 bridgehead atoms. The van der Waals surface area contributed by atoms with Crippen molar-refractivity contribution in [2.24, 2.45) is 0 Å². The maximum absolute atomic E-state index is 10.5. The number of aromatic nitrogens is 2. The molecule has 0 aliphatic carbocycles. The molecule has 0 aliphatic rings. The number of imidazole rings is 1. The molecular weight excluding hydrogens is 218 g/mol. The highest BCUT2D eigenvalue weighted by atomic mass is 16.6. The van der Waals surface area contributed by atoms with E-state index in [0.717, 1.165) is 0 Å². The zero-order valence-corrected chi connectivity index (χ0v) is 8.52. The van der Waals surface area contributed by atoms with Crippen molar-refractivity contribution in [2.45, 2.75) is 25.9 Å². The minimum atomic E-state index is -1.34. The molecule has 0 saturated carbocycles. The summed E-state index contributed by atoms with van der Waals surface area (Å²) in [6.45, 7) is 0.324. The van der Waals surface area contributed by atoms with Crippen LogP contribution in [0.4, 0.5) is 5.95 Å². The van der Waals surface area contributed by atoms with E-state index >= 15 is 0 Å². The van der Waals surface area contributed by atoms with Crippen LogP contribution in [-0.2, 0) is 11.5 Å². The monoisotopic (exact) mass is 231 g/mol. The van der Waals surface area contributed by atoms with Crippen LogP contribution in [0.3, 0.4) is 0 Å². The molecular formula is C8H13N3O5. The molecule has 0 saturated heterocycles. The summed E-state index contributed by atoms with van der Waals surface area (Å²) in [4.78, 5) is 13.4. The van der Waals surface area contributed by atoms with Crippen LogP contribution in [0, 0.1) is 10.1 Å². The average molecular weight is 231 g/mol. The molecule has 8 nitrogen and oxygen atoms in total. The lowest BCUT2D eigenvalue weighted by Crippen LogP contribution is -2.09. The van der Waals surface area contributed by atoms with Crippen molar-refractivity contribution in [3.8, 4) is 0 Å². The molecule has 1 heterocycles. The van der Waals surface area contributed by atoms with Gasteiger partial charge in [-0.05, 0) is 11.3 Å². The molecule has 1 rings (SSSR count). The van der Waals surface area contributed by atoms with Crippen LogP contribution in [0.2, 0.25) is 0 Å². The van der Waals surface area contributed by atoms with Gasteiger partial charge in [0.25, 0.3) is 0 Å². The Morgan fingerprint density at radius 3 is 3.00 bits per heavy atom. The van der Waals surface area contributed by atoms with Gasteiger partial charge in [0, 0.05) is 6.42 Å². The molecule has 8 heteroatoms. The average Bonchev–Trinajstić information content (AvgIpc) is 2.65. The van der Waals surface area contributed by atoms with Crippen LogP contribution in [-0.4, -0.2) is 37.6 Å². The van der Waals surface area contributed by atoms with Gasteiger partial charge in [0.2, 0.25) is 0 Å². The van der Waals surface area contributed by atoms with Gasteiger partial charge in [-0.25, -0.2) is 4.57 Å². The topological polar surface area (TPSA) is 111 Å². The molecule has 2 N–H and O–H groups in total. The first kappa shape index (κ1) is 12.6. The molecule has 0 spiro atoms. The number of hydrogen-bond acceptors (Lipinski definition) is 6. The largest absolute Gasteiger partial charge is 0.436 e. The number of nitrogens with zero attached hydrogens (tertiary/aromatic N) is 3. The first-order chi connectivity index (χ1) is 7.61. The fourth-order valence-electron chi connectivity index (χ4n) is 1.10. The zero-order chi connectivity index (χ0) is 12.0. The highest BCUT2D eigenvalue weighted by Gasteiger charge is 2.13. The maximum atomic E-state index is 10.5. The Balaban J connectivity index is 2.27. The second kappa shape index (κ2) is 6.16. The van der Waals surface area contributed by atoms with Crippen LogP contribution in [0.5, 0.6) is 0 Å². The van der Waals surface area contributed by atoms with Gasteiger partial charge in [-0.1, -0.05) is 4.98 Å². The van der Waals surface area contributed by atoms with Crippen molar-refractivity contribution in [3.05, 3.63) is 22.5 Å². The number of nitro groups is 1. The van der Waals surface area contributed by atoms with Crippen molar-refractivity contribution in [1.29, 1.82) is 0 Å². The lowest BCUT2D eigenvalue weighted by atomic mass is 10.3. The van der Waals surface area contributed by atoms with E-state index in [1.165, 1.54) is 17.0 Å². The molecule has 0 fully saturated rings. The third kappa shape index (κ3) is 3.93. The van der Waals surface area contributed by atoms with E-state index in [1.54, 1.807) is 0 Å². The van der Waals surface area contributed by atoms with Crippen molar-refractivity contribution in [1.82, 2.24) is 9.55 Å². The summed E-state index contributed by atoms with van der Waals surface area (Å²) in [7, 11) is 0. The Morgan fingerprint density at radius 1 is 1.62 bits per heavy atom. The summed E-state index contributed by atoms with van der Waals surface area (Å²) in [5.74, 6) is -0.276. The first-order valence-electron chi connectivity index (χ1n) is 4.70. The van der Waals surface area contributed by atoms with E-state index in [2.05, 4.69) is 4.98 Å². The number of ether oxygens (including phenoxy) is 1. The molecule has 16 heavy (non-hydrogen) atoms. The summed E-state index contributed by atoms with van der Waals surface area (Å²) in [6, 6.07) is 0. The third-order valence-electron chi connectivity index (χ3n) is 1.84. The summed E-state index contributed by atoms with van der Waals surface area (Å²) < 4.78 is 6.37. The fourth-order valence-corrected chi connectivity index (χ4v) is 1.10. The van der Waals surface area contributed by atoms with Crippen LogP contribution in [0.25, 0.3) is 0 Å². The van der Waals surface area contributed by atoms with E-state index in [4.69, 9.17) is 14.9 Å². The molecule has 0 aromatic carbocycles. The van der Waals surface area contributed by atoms with E-state index in [1.807, 2.05) is 0 Å². The minimum absolute atomic E-state index is 0.0256. The number of aliphatic hydroxyl groups excluding tert-OH is 1. The summed E-state index contributed by atoms with van der Waals surface area (Å²) >= 11 is 0. The van der Waals surface area contributed by atoms with Crippen LogP contribution >= 0.6 is 0 Å². The fraction of sp³-hybridized carbons (Fsp3) is 0.625.